The first kappa shape index (κ1) is 18.2. The van der Waals surface area contributed by atoms with Crippen LogP contribution in [0.4, 0.5) is 14.5 Å². The van der Waals surface area contributed by atoms with Crippen molar-refractivity contribution in [1.82, 2.24) is 9.78 Å². The molecule has 0 bridgehead atoms. The predicted molar refractivity (Wildman–Crippen MR) is 103 cm³/mol. The fraction of sp³-hybridized carbons (Fsp3) is 0.238. The van der Waals surface area contributed by atoms with Crippen LogP contribution >= 0.6 is 0 Å². The number of aryl methyl sites for hydroxylation is 2. The lowest BCUT2D eigenvalue weighted by Crippen LogP contribution is -2.25. The standard InChI is InChI=1S/C21H19F2N3O2/c1-13-20(15-5-8-18-17(11-15)24-19(27)12-28-18)21(26(25-13)10-2-9-22)14-3-6-16(23)7-4-14/h3-8,11H,2,9-10,12H2,1H3,(H,24,27). The van der Waals surface area contributed by atoms with E-state index >= 15 is 0 Å². The van der Waals surface area contributed by atoms with Gasteiger partial charge in [0.1, 0.15) is 11.6 Å². The quantitative estimate of drug-likeness (QED) is 0.712. The van der Waals surface area contributed by atoms with E-state index in [0.29, 0.717) is 24.4 Å². The van der Waals surface area contributed by atoms with Gasteiger partial charge >= 0.3 is 0 Å². The molecule has 0 aliphatic carbocycles. The number of hydrogen-bond donors (Lipinski definition) is 1. The van der Waals surface area contributed by atoms with Crippen LogP contribution in [0.1, 0.15) is 12.1 Å². The van der Waals surface area contributed by atoms with Gasteiger partial charge in [0.15, 0.2) is 6.61 Å². The average molecular weight is 383 g/mol. The van der Waals surface area contributed by atoms with Crippen LogP contribution in [0, 0.1) is 12.7 Å². The Morgan fingerprint density at radius 1 is 1.18 bits per heavy atom. The van der Waals surface area contributed by atoms with Crippen LogP contribution in [0.3, 0.4) is 0 Å². The summed E-state index contributed by atoms with van der Waals surface area (Å²) in [5.41, 5.74) is 4.62. The molecule has 1 aliphatic heterocycles. The Labute approximate surface area is 160 Å². The summed E-state index contributed by atoms with van der Waals surface area (Å²) in [6, 6.07) is 11.7. The molecule has 28 heavy (non-hydrogen) atoms. The van der Waals surface area contributed by atoms with E-state index in [4.69, 9.17) is 4.74 Å². The number of anilines is 1. The second-order valence-corrected chi connectivity index (χ2v) is 6.63. The molecular weight excluding hydrogens is 364 g/mol. The van der Waals surface area contributed by atoms with Crippen molar-refractivity contribution in [2.45, 2.75) is 19.9 Å². The SMILES string of the molecule is Cc1nn(CCCF)c(-c2ccc(F)cc2)c1-c1ccc2c(c1)NC(=O)CO2. The van der Waals surface area contributed by atoms with Crippen molar-refractivity contribution in [3.8, 4) is 28.1 Å². The highest BCUT2D eigenvalue weighted by atomic mass is 19.1. The summed E-state index contributed by atoms with van der Waals surface area (Å²) in [4.78, 5) is 11.7. The summed E-state index contributed by atoms with van der Waals surface area (Å²) in [6.45, 7) is 1.84. The van der Waals surface area contributed by atoms with Crippen LogP contribution < -0.4 is 10.1 Å². The average Bonchev–Trinajstić information content (AvgIpc) is 3.02. The van der Waals surface area contributed by atoms with Crippen molar-refractivity contribution in [2.75, 3.05) is 18.6 Å². The monoisotopic (exact) mass is 383 g/mol. The molecule has 144 valence electrons. The summed E-state index contributed by atoms with van der Waals surface area (Å²) in [6.07, 6.45) is 0.336. The van der Waals surface area contributed by atoms with Crippen molar-refractivity contribution in [1.29, 1.82) is 0 Å². The second kappa shape index (κ2) is 7.42. The Hall–Kier alpha value is -3.22. The zero-order valence-electron chi connectivity index (χ0n) is 15.3. The Morgan fingerprint density at radius 2 is 1.93 bits per heavy atom. The number of carbonyl (C=O) groups excluding carboxylic acids is 1. The maximum absolute atomic E-state index is 13.4. The van der Waals surface area contributed by atoms with Gasteiger partial charge < -0.3 is 10.1 Å². The second-order valence-electron chi connectivity index (χ2n) is 6.63. The predicted octanol–water partition coefficient (Wildman–Crippen LogP) is 4.36. The first-order valence-electron chi connectivity index (χ1n) is 9.03. The van der Waals surface area contributed by atoms with Crippen LogP contribution in [0.5, 0.6) is 5.75 Å². The lowest BCUT2D eigenvalue weighted by Gasteiger charge is -2.19. The van der Waals surface area contributed by atoms with Gasteiger partial charge in [-0.2, -0.15) is 5.10 Å². The molecule has 4 rings (SSSR count). The molecule has 0 fully saturated rings. The maximum Gasteiger partial charge on any atom is 0.262 e. The largest absolute Gasteiger partial charge is 0.482 e. The Bertz CT molecular complexity index is 1030. The normalized spacial score (nSPS) is 13.0. The van der Waals surface area contributed by atoms with E-state index in [1.165, 1.54) is 12.1 Å². The highest BCUT2D eigenvalue weighted by Crippen LogP contribution is 2.39. The minimum atomic E-state index is -0.445. The molecule has 1 amide bonds. The highest BCUT2D eigenvalue weighted by molar-refractivity contribution is 5.97. The molecule has 1 aliphatic rings. The Kier molecular flexibility index (Phi) is 4.81. The molecule has 3 aromatic rings. The van der Waals surface area contributed by atoms with Crippen molar-refractivity contribution < 1.29 is 18.3 Å². The molecule has 0 spiro atoms. The van der Waals surface area contributed by atoms with Gasteiger partial charge in [0.2, 0.25) is 0 Å². The van der Waals surface area contributed by atoms with E-state index in [2.05, 4.69) is 10.4 Å². The van der Waals surface area contributed by atoms with Gasteiger partial charge in [0.05, 0.1) is 23.7 Å². The van der Waals surface area contributed by atoms with Crippen LogP contribution in [0.25, 0.3) is 22.4 Å². The van der Waals surface area contributed by atoms with Crippen molar-refractivity contribution in [3.63, 3.8) is 0 Å². The molecule has 0 saturated heterocycles. The van der Waals surface area contributed by atoms with Gasteiger partial charge in [-0.25, -0.2) is 4.39 Å². The molecule has 5 nitrogen and oxygen atoms in total. The van der Waals surface area contributed by atoms with Gasteiger partial charge in [0.25, 0.3) is 5.91 Å². The number of benzene rings is 2. The number of amides is 1. The third-order valence-corrected chi connectivity index (χ3v) is 4.65. The van der Waals surface area contributed by atoms with Gasteiger partial charge in [-0.15, -0.1) is 0 Å². The van der Waals surface area contributed by atoms with E-state index < -0.39 is 6.67 Å². The van der Waals surface area contributed by atoms with Crippen LogP contribution in [-0.2, 0) is 11.3 Å². The van der Waals surface area contributed by atoms with Crippen LogP contribution in [-0.4, -0.2) is 29.0 Å². The molecular formula is C21H19F2N3O2. The Morgan fingerprint density at radius 3 is 2.68 bits per heavy atom. The zero-order valence-corrected chi connectivity index (χ0v) is 15.3. The number of nitrogens with zero attached hydrogens (tertiary/aromatic N) is 2. The van der Waals surface area contributed by atoms with Gasteiger partial charge in [-0.1, -0.05) is 6.07 Å². The van der Waals surface area contributed by atoms with E-state index in [1.807, 2.05) is 19.1 Å². The third kappa shape index (κ3) is 3.35. The van der Waals surface area contributed by atoms with Gasteiger partial charge in [-0.3, -0.25) is 13.9 Å². The molecule has 0 saturated carbocycles. The molecule has 0 radical (unpaired) electrons. The van der Waals surface area contributed by atoms with E-state index in [9.17, 15) is 13.6 Å². The summed E-state index contributed by atoms with van der Waals surface area (Å²) in [5.74, 6) is 0.0680. The minimum absolute atomic E-state index is 0.00658. The molecule has 1 aromatic heterocycles. The first-order chi connectivity index (χ1) is 13.6. The number of halogens is 2. The molecule has 2 aromatic carbocycles. The lowest BCUT2D eigenvalue weighted by atomic mass is 9.98. The summed E-state index contributed by atoms with van der Waals surface area (Å²) in [5, 5.41) is 7.39. The number of ether oxygens (including phenoxy) is 1. The number of alkyl halides is 1. The Balaban J connectivity index is 1.86. The number of nitrogens with one attached hydrogen (secondary N) is 1. The first-order valence-corrected chi connectivity index (χ1v) is 9.03. The topological polar surface area (TPSA) is 56.2 Å². The summed E-state index contributed by atoms with van der Waals surface area (Å²) in [7, 11) is 0. The summed E-state index contributed by atoms with van der Waals surface area (Å²) < 4.78 is 33.4. The van der Waals surface area contributed by atoms with Gasteiger partial charge in [-0.05, 0) is 55.3 Å². The van der Waals surface area contributed by atoms with Gasteiger partial charge in [0, 0.05) is 17.7 Å². The van der Waals surface area contributed by atoms with E-state index in [-0.39, 0.29) is 18.3 Å². The van der Waals surface area contributed by atoms with Crippen molar-refractivity contribution >= 4 is 11.6 Å². The number of hydrogen-bond acceptors (Lipinski definition) is 3. The third-order valence-electron chi connectivity index (χ3n) is 4.65. The minimum Gasteiger partial charge on any atom is -0.482 e. The van der Waals surface area contributed by atoms with Crippen molar-refractivity contribution in [3.05, 3.63) is 54.0 Å². The maximum atomic E-state index is 13.4. The molecule has 0 atom stereocenters. The van der Waals surface area contributed by atoms with E-state index in [1.54, 1.807) is 22.9 Å². The van der Waals surface area contributed by atoms with Crippen LogP contribution in [0.15, 0.2) is 42.5 Å². The number of rotatable bonds is 5. The summed E-state index contributed by atoms with van der Waals surface area (Å²) >= 11 is 0. The highest BCUT2D eigenvalue weighted by Gasteiger charge is 2.22. The fourth-order valence-electron chi connectivity index (χ4n) is 3.44. The molecule has 7 heteroatoms. The smallest absolute Gasteiger partial charge is 0.262 e. The number of fused-ring (bicyclic) bond motifs is 1. The van der Waals surface area contributed by atoms with Crippen LogP contribution in [0.2, 0.25) is 0 Å². The van der Waals surface area contributed by atoms with Crippen molar-refractivity contribution in [2.24, 2.45) is 0 Å². The molecule has 2 heterocycles. The molecule has 0 unspecified atom stereocenters. The molecule has 1 N–H and O–H groups in total. The lowest BCUT2D eigenvalue weighted by molar-refractivity contribution is -0.118. The zero-order chi connectivity index (χ0) is 19.7. The number of aromatic nitrogens is 2. The van der Waals surface area contributed by atoms with E-state index in [0.717, 1.165) is 28.1 Å². The number of carbonyl (C=O) groups is 1. The fourth-order valence-corrected chi connectivity index (χ4v) is 3.44.